The van der Waals surface area contributed by atoms with Gasteiger partial charge in [0.2, 0.25) is 0 Å². The van der Waals surface area contributed by atoms with Crippen molar-refractivity contribution in [3.8, 4) is 0 Å². The zero-order valence-electron chi connectivity index (χ0n) is 9.46. The molecule has 0 spiro atoms. The van der Waals surface area contributed by atoms with E-state index in [1.54, 1.807) is 21.9 Å². The first-order valence-electron chi connectivity index (χ1n) is 5.23. The van der Waals surface area contributed by atoms with Crippen molar-refractivity contribution in [1.29, 1.82) is 0 Å². The third-order valence-electron chi connectivity index (χ3n) is 2.50. The topological polar surface area (TPSA) is 68.0 Å². The van der Waals surface area contributed by atoms with Crippen molar-refractivity contribution in [3.05, 3.63) is 33.6 Å². The normalized spacial score (nSPS) is 11.0. The van der Waals surface area contributed by atoms with Crippen LogP contribution in [0.25, 0.3) is 5.78 Å². The lowest BCUT2D eigenvalue weighted by Gasteiger charge is -2.07. The second-order valence-corrected chi connectivity index (χ2v) is 4.98. The van der Waals surface area contributed by atoms with E-state index in [-0.39, 0.29) is 0 Å². The molecule has 0 atom stereocenters. The Morgan fingerprint density at radius 2 is 2.33 bits per heavy atom. The number of rotatable bonds is 3. The van der Waals surface area contributed by atoms with Gasteiger partial charge in [0.1, 0.15) is 17.3 Å². The van der Waals surface area contributed by atoms with E-state index in [0.29, 0.717) is 17.5 Å². The summed E-state index contributed by atoms with van der Waals surface area (Å²) >= 11 is 7.54. The second-order valence-electron chi connectivity index (χ2n) is 3.65. The summed E-state index contributed by atoms with van der Waals surface area (Å²) in [4.78, 5) is 13.5. The molecule has 0 aliphatic carbocycles. The van der Waals surface area contributed by atoms with Gasteiger partial charge < -0.3 is 5.32 Å². The summed E-state index contributed by atoms with van der Waals surface area (Å²) in [6, 6.07) is 1.72. The van der Waals surface area contributed by atoms with Crippen molar-refractivity contribution >= 4 is 34.5 Å². The molecule has 0 bridgehead atoms. The standard InChI is InChI=1S/C10H9ClN6S/c1-6-7(18-5-14-6)3-12-9-2-8(11)16-10-13-4-15-17(9)10/h2,4-5,12H,3H2,1H3. The van der Waals surface area contributed by atoms with Crippen LogP contribution in [0, 0.1) is 6.92 Å². The van der Waals surface area contributed by atoms with Crippen LogP contribution in [-0.2, 0) is 6.54 Å². The average Bonchev–Trinajstić information content (AvgIpc) is 2.94. The molecule has 0 unspecified atom stereocenters. The van der Waals surface area contributed by atoms with E-state index in [0.717, 1.165) is 11.5 Å². The van der Waals surface area contributed by atoms with E-state index < -0.39 is 0 Å². The molecule has 0 fully saturated rings. The Bertz CT molecular complexity index is 691. The molecule has 6 nitrogen and oxygen atoms in total. The maximum atomic E-state index is 5.93. The highest BCUT2D eigenvalue weighted by atomic mass is 35.5. The van der Waals surface area contributed by atoms with Crippen molar-refractivity contribution in [2.24, 2.45) is 0 Å². The molecule has 0 saturated carbocycles. The molecule has 3 aromatic rings. The van der Waals surface area contributed by atoms with Crippen LogP contribution in [0.4, 0.5) is 5.82 Å². The Kier molecular flexibility index (Phi) is 2.85. The van der Waals surface area contributed by atoms with Gasteiger partial charge in [-0.05, 0) is 6.92 Å². The van der Waals surface area contributed by atoms with Crippen molar-refractivity contribution in [3.63, 3.8) is 0 Å². The minimum atomic E-state index is 0.388. The predicted octanol–water partition coefficient (Wildman–Crippen LogP) is 2.15. The molecule has 0 aromatic carbocycles. The van der Waals surface area contributed by atoms with E-state index in [9.17, 15) is 0 Å². The SMILES string of the molecule is Cc1ncsc1CNc1cc(Cl)nc2ncnn12. The van der Waals surface area contributed by atoms with Crippen LogP contribution in [0.15, 0.2) is 17.9 Å². The minimum absolute atomic E-state index is 0.388. The number of aromatic nitrogens is 5. The molecule has 92 valence electrons. The van der Waals surface area contributed by atoms with Gasteiger partial charge >= 0.3 is 0 Å². The lowest BCUT2D eigenvalue weighted by atomic mass is 10.4. The fraction of sp³-hybridized carbons (Fsp3) is 0.200. The van der Waals surface area contributed by atoms with Crippen LogP contribution in [0.2, 0.25) is 5.15 Å². The van der Waals surface area contributed by atoms with Gasteiger partial charge in [-0.2, -0.15) is 19.6 Å². The van der Waals surface area contributed by atoms with Crippen LogP contribution in [0.1, 0.15) is 10.6 Å². The number of hydrogen-bond acceptors (Lipinski definition) is 6. The Hall–Kier alpha value is -1.73. The second kappa shape index (κ2) is 4.51. The molecule has 0 saturated heterocycles. The van der Waals surface area contributed by atoms with Crippen LogP contribution in [0.3, 0.4) is 0 Å². The number of nitrogens with zero attached hydrogens (tertiary/aromatic N) is 5. The van der Waals surface area contributed by atoms with Gasteiger partial charge in [-0.25, -0.2) is 4.98 Å². The first-order chi connectivity index (χ1) is 8.74. The number of hydrogen-bond donors (Lipinski definition) is 1. The zero-order valence-corrected chi connectivity index (χ0v) is 11.0. The Morgan fingerprint density at radius 1 is 1.44 bits per heavy atom. The van der Waals surface area contributed by atoms with E-state index in [2.05, 4.69) is 25.4 Å². The third-order valence-corrected chi connectivity index (χ3v) is 3.62. The predicted molar refractivity (Wildman–Crippen MR) is 70.0 cm³/mol. The number of nitrogens with one attached hydrogen (secondary N) is 1. The summed E-state index contributed by atoms with van der Waals surface area (Å²) in [7, 11) is 0. The van der Waals surface area contributed by atoms with Gasteiger partial charge in [0, 0.05) is 10.9 Å². The summed E-state index contributed by atoms with van der Waals surface area (Å²) in [5.41, 5.74) is 2.86. The molecule has 8 heteroatoms. The first-order valence-corrected chi connectivity index (χ1v) is 6.49. The molecule has 0 radical (unpaired) electrons. The van der Waals surface area contributed by atoms with E-state index in [4.69, 9.17) is 11.6 Å². The quantitative estimate of drug-likeness (QED) is 0.745. The fourth-order valence-electron chi connectivity index (χ4n) is 1.58. The van der Waals surface area contributed by atoms with Crippen molar-refractivity contribution in [2.75, 3.05) is 5.32 Å². The number of aryl methyl sites for hydroxylation is 1. The van der Waals surface area contributed by atoms with Gasteiger partial charge in [0.25, 0.3) is 5.78 Å². The zero-order chi connectivity index (χ0) is 12.5. The Morgan fingerprint density at radius 3 is 3.11 bits per heavy atom. The van der Waals surface area contributed by atoms with Crippen molar-refractivity contribution < 1.29 is 0 Å². The summed E-state index contributed by atoms with van der Waals surface area (Å²) in [5.74, 6) is 1.24. The third kappa shape index (κ3) is 2.02. The molecular formula is C10H9ClN6S. The first kappa shape index (κ1) is 11.4. The lowest BCUT2D eigenvalue weighted by Crippen LogP contribution is -2.06. The van der Waals surface area contributed by atoms with Crippen LogP contribution < -0.4 is 5.32 Å². The summed E-state index contributed by atoms with van der Waals surface area (Å²) in [5, 5.41) is 7.74. The molecule has 0 aliphatic heterocycles. The summed E-state index contributed by atoms with van der Waals surface area (Å²) in [6.45, 7) is 2.66. The minimum Gasteiger partial charge on any atom is -0.365 e. The van der Waals surface area contributed by atoms with E-state index in [1.165, 1.54) is 11.2 Å². The average molecular weight is 281 g/mol. The molecule has 3 heterocycles. The fourth-order valence-corrected chi connectivity index (χ4v) is 2.47. The highest BCUT2D eigenvalue weighted by Gasteiger charge is 2.07. The molecule has 0 amide bonds. The summed E-state index contributed by atoms with van der Waals surface area (Å²) in [6.07, 6.45) is 1.45. The summed E-state index contributed by atoms with van der Waals surface area (Å²) < 4.78 is 1.61. The molecule has 3 aromatic heterocycles. The number of halogens is 1. The van der Waals surface area contributed by atoms with Crippen LogP contribution in [-0.4, -0.2) is 24.6 Å². The van der Waals surface area contributed by atoms with Crippen molar-refractivity contribution in [1.82, 2.24) is 24.6 Å². The van der Waals surface area contributed by atoms with Crippen LogP contribution >= 0.6 is 22.9 Å². The molecule has 18 heavy (non-hydrogen) atoms. The smallest absolute Gasteiger partial charge is 0.255 e. The maximum Gasteiger partial charge on any atom is 0.255 e. The van der Waals surface area contributed by atoms with Gasteiger partial charge in [-0.3, -0.25) is 0 Å². The van der Waals surface area contributed by atoms with Gasteiger partial charge in [0.15, 0.2) is 0 Å². The number of fused-ring (bicyclic) bond motifs is 1. The maximum absolute atomic E-state index is 5.93. The monoisotopic (exact) mass is 280 g/mol. The number of anilines is 1. The molecular weight excluding hydrogens is 272 g/mol. The van der Waals surface area contributed by atoms with Crippen molar-refractivity contribution in [2.45, 2.75) is 13.5 Å². The van der Waals surface area contributed by atoms with Gasteiger partial charge in [-0.15, -0.1) is 11.3 Å². The lowest BCUT2D eigenvalue weighted by molar-refractivity contribution is 0.926. The van der Waals surface area contributed by atoms with Gasteiger partial charge in [-0.1, -0.05) is 11.6 Å². The molecule has 0 aliphatic rings. The largest absolute Gasteiger partial charge is 0.365 e. The van der Waals surface area contributed by atoms with E-state index >= 15 is 0 Å². The van der Waals surface area contributed by atoms with Gasteiger partial charge in [0.05, 0.1) is 17.7 Å². The molecule has 1 N–H and O–H groups in total. The number of thiazole rings is 1. The Labute approximate surface area is 112 Å². The molecule has 3 rings (SSSR count). The van der Waals surface area contributed by atoms with E-state index in [1.807, 2.05) is 12.4 Å². The highest BCUT2D eigenvalue weighted by Crippen LogP contribution is 2.17. The Balaban J connectivity index is 1.90. The highest BCUT2D eigenvalue weighted by molar-refractivity contribution is 7.09. The van der Waals surface area contributed by atoms with Crippen LogP contribution in [0.5, 0.6) is 0 Å².